The molecule has 38 heavy (non-hydrogen) atoms. The van der Waals surface area contributed by atoms with Gasteiger partial charge in [-0.2, -0.15) is 0 Å². The summed E-state index contributed by atoms with van der Waals surface area (Å²) in [5.74, 6) is 0.164. The van der Waals surface area contributed by atoms with Crippen molar-refractivity contribution in [1.82, 2.24) is 0 Å². The summed E-state index contributed by atoms with van der Waals surface area (Å²) < 4.78 is 34.2. The first-order chi connectivity index (χ1) is 18.4. The number of amides is 1. The van der Waals surface area contributed by atoms with Gasteiger partial charge in [-0.15, -0.1) is 0 Å². The highest BCUT2D eigenvalue weighted by atomic mass is 32.2. The second-order valence-electron chi connectivity index (χ2n) is 8.98. The summed E-state index contributed by atoms with van der Waals surface area (Å²) >= 11 is 1.57. The Hall–Kier alpha value is -3.75. The Morgan fingerprint density at radius 2 is 1.68 bits per heavy atom. The first kappa shape index (κ1) is 25.9. The second-order valence-corrected chi connectivity index (χ2v) is 12.0. The number of ether oxygens (including phenoxy) is 1. The van der Waals surface area contributed by atoms with Crippen LogP contribution >= 0.6 is 11.8 Å². The molecule has 1 aliphatic heterocycles. The maximum atomic E-state index is 13.5. The van der Waals surface area contributed by atoms with Crippen LogP contribution in [0.25, 0.3) is 0 Å². The van der Waals surface area contributed by atoms with E-state index in [4.69, 9.17) is 4.74 Å². The summed E-state index contributed by atoms with van der Waals surface area (Å²) in [6.07, 6.45) is 1.64. The molecule has 1 aliphatic rings. The minimum Gasteiger partial charge on any atom is -0.483 e. The first-order valence-electron chi connectivity index (χ1n) is 12.4. The van der Waals surface area contributed by atoms with Crippen molar-refractivity contribution in [3.63, 3.8) is 0 Å². The van der Waals surface area contributed by atoms with Crippen LogP contribution in [0.2, 0.25) is 0 Å². The van der Waals surface area contributed by atoms with Crippen molar-refractivity contribution < 1.29 is 17.9 Å². The predicted molar refractivity (Wildman–Crippen MR) is 152 cm³/mol. The number of fused-ring (bicyclic) bond motifs is 1. The molecule has 4 aromatic carbocycles. The van der Waals surface area contributed by atoms with E-state index < -0.39 is 10.0 Å². The number of nitrogens with zero attached hydrogens (tertiary/aromatic N) is 1. The molecule has 0 aromatic heterocycles. The fourth-order valence-corrected chi connectivity index (χ4v) is 6.97. The highest BCUT2D eigenvalue weighted by molar-refractivity contribution is 7.99. The van der Waals surface area contributed by atoms with E-state index in [9.17, 15) is 13.2 Å². The number of sulfonamides is 1. The van der Waals surface area contributed by atoms with Gasteiger partial charge in [0.1, 0.15) is 5.75 Å². The Kier molecular flexibility index (Phi) is 7.72. The van der Waals surface area contributed by atoms with Gasteiger partial charge in [0.25, 0.3) is 15.9 Å². The van der Waals surface area contributed by atoms with E-state index in [1.165, 1.54) is 4.31 Å². The van der Waals surface area contributed by atoms with Crippen LogP contribution in [-0.4, -0.2) is 27.5 Å². The maximum Gasteiger partial charge on any atom is 0.264 e. The van der Waals surface area contributed by atoms with E-state index in [-0.39, 0.29) is 17.4 Å². The third-order valence-electron chi connectivity index (χ3n) is 6.29. The molecule has 0 saturated carbocycles. The van der Waals surface area contributed by atoms with Crippen LogP contribution in [0.5, 0.6) is 5.75 Å². The van der Waals surface area contributed by atoms with Crippen molar-refractivity contribution in [2.45, 2.75) is 34.5 Å². The van der Waals surface area contributed by atoms with Gasteiger partial charge < -0.3 is 10.1 Å². The number of carbonyl (C=O) groups is 1. The molecule has 194 valence electrons. The van der Waals surface area contributed by atoms with Crippen LogP contribution in [0.3, 0.4) is 0 Å². The predicted octanol–water partition coefficient (Wildman–Crippen LogP) is 6.31. The van der Waals surface area contributed by atoms with Crippen LogP contribution in [0.15, 0.2) is 112 Å². The molecule has 0 unspecified atom stereocenters. The highest BCUT2D eigenvalue weighted by Crippen LogP contribution is 2.34. The lowest BCUT2D eigenvalue weighted by Gasteiger charge is -2.30. The molecular formula is C30H28N2O4S2. The number of carbonyl (C=O) groups excluding carboxylic acids is 1. The molecule has 0 aliphatic carbocycles. The van der Waals surface area contributed by atoms with Gasteiger partial charge in [-0.05, 0) is 79.4 Å². The number of rotatable bonds is 8. The molecule has 0 spiro atoms. The van der Waals surface area contributed by atoms with Gasteiger partial charge in [0, 0.05) is 16.3 Å². The zero-order chi connectivity index (χ0) is 26.5. The average molecular weight is 545 g/mol. The van der Waals surface area contributed by atoms with E-state index >= 15 is 0 Å². The van der Waals surface area contributed by atoms with Crippen molar-refractivity contribution in [3.8, 4) is 5.75 Å². The standard InChI is InChI=1S/C30H28N2O4S2/c1-22-20-25(38(34,35)32-19-9-11-23-10-5-7-15-27(23)32)17-18-28(22)36-21-30(33)31-26-14-6-8-16-29(26)37-24-12-3-2-4-13-24/h2-8,10,12-18,20H,9,11,19,21H2,1H3,(H,31,33). The molecule has 0 fully saturated rings. The summed E-state index contributed by atoms with van der Waals surface area (Å²) in [7, 11) is -3.72. The van der Waals surface area contributed by atoms with Crippen LogP contribution in [-0.2, 0) is 21.2 Å². The monoisotopic (exact) mass is 544 g/mol. The van der Waals surface area contributed by atoms with Gasteiger partial charge in [-0.1, -0.05) is 60.3 Å². The quantitative estimate of drug-likeness (QED) is 0.282. The van der Waals surface area contributed by atoms with E-state index in [2.05, 4.69) is 5.32 Å². The molecule has 1 heterocycles. The fourth-order valence-electron chi connectivity index (χ4n) is 4.42. The summed E-state index contributed by atoms with van der Waals surface area (Å²) in [6, 6.07) is 29.9. The average Bonchev–Trinajstić information content (AvgIpc) is 2.93. The fraction of sp³-hybridized carbons (Fsp3) is 0.167. The third-order valence-corrected chi connectivity index (χ3v) is 9.19. The van der Waals surface area contributed by atoms with Crippen molar-refractivity contribution in [3.05, 3.63) is 108 Å². The normalized spacial score (nSPS) is 13.0. The third kappa shape index (κ3) is 5.71. The maximum absolute atomic E-state index is 13.5. The molecular weight excluding hydrogens is 516 g/mol. The topological polar surface area (TPSA) is 75.7 Å². The first-order valence-corrected chi connectivity index (χ1v) is 14.6. The molecule has 1 amide bonds. The van der Waals surface area contributed by atoms with Gasteiger partial charge in [0.15, 0.2) is 6.61 Å². The number of hydrogen-bond donors (Lipinski definition) is 1. The molecule has 0 atom stereocenters. The van der Waals surface area contributed by atoms with E-state index in [1.807, 2.05) is 78.9 Å². The molecule has 1 N–H and O–H groups in total. The second kappa shape index (κ2) is 11.3. The van der Waals surface area contributed by atoms with Crippen LogP contribution in [0.1, 0.15) is 17.5 Å². The Morgan fingerprint density at radius 1 is 0.947 bits per heavy atom. The Labute approximate surface area is 227 Å². The summed E-state index contributed by atoms with van der Waals surface area (Å²) in [4.78, 5) is 14.9. The van der Waals surface area contributed by atoms with Crippen LogP contribution < -0.4 is 14.4 Å². The Balaban J connectivity index is 1.25. The molecule has 0 radical (unpaired) electrons. The lowest BCUT2D eigenvalue weighted by molar-refractivity contribution is -0.118. The number of aryl methyl sites for hydroxylation is 2. The number of para-hydroxylation sites is 2. The van der Waals surface area contributed by atoms with Crippen molar-refractivity contribution >= 4 is 39.1 Å². The van der Waals surface area contributed by atoms with Crippen LogP contribution in [0, 0.1) is 6.92 Å². The lowest BCUT2D eigenvalue weighted by Crippen LogP contribution is -2.35. The number of anilines is 2. The molecule has 4 aromatic rings. The van der Waals surface area contributed by atoms with E-state index in [0.29, 0.717) is 23.5 Å². The largest absolute Gasteiger partial charge is 0.483 e. The van der Waals surface area contributed by atoms with Crippen molar-refractivity contribution in [2.75, 3.05) is 22.8 Å². The SMILES string of the molecule is Cc1cc(S(=O)(=O)N2CCCc3ccccc32)ccc1OCC(=O)Nc1ccccc1Sc1ccccc1. The lowest BCUT2D eigenvalue weighted by atomic mass is 10.0. The number of nitrogens with one attached hydrogen (secondary N) is 1. The van der Waals surface area contributed by atoms with E-state index in [1.54, 1.807) is 36.9 Å². The van der Waals surface area contributed by atoms with Crippen molar-refractivity contribution in [1.29, 1.82) is 0 Å². The molecule has 8 heteroatoms. The summed E-state index contributed by atoms with van der Waals surface area (Å²) in [6.45, 7) is 2.03. The van der Waals surface area contributed by atoms with Gasteiger partial charge in [0.2, 0.25) is 0 Å². The summed E-state index contributed by atoms with van der Waals surface area (Å²) in [5, 5.41) is 2.92. The molecule has 6 nitrogen and oxygen atoms in total. The van der Waals surface area contributed by atoms with Gasteiger partial charge in [0.05, 0.1) is 16.3 Å². The summed E-state index contributed by atoms with van der Waals surface area (Å²) in [5.41, 5.74) is 3.12. The molecule has 5 rings (SSSR count). The van der Waals surface area contributed by atoms with Gasteiger partial charge >= 0.3 is 0 Å². The van der Waals surface area contributed by atoms with Crippen LogP contribution in [0.4, 0.5) is 11.4 Å². The highest BCUT2D eigenvalue weighted by Gasteiger charge is 2.29. The number of hydrogen-bond acceptors (Lipinski definition) is 5. The van der Waals surface area contributed by atoms with Gasteiger partial charge in [-0.25, -0.2) is 8.42 Å². The minimum absolute atomic E-state index is 0.198. The Bertz CT molecular complexity index is 1560. The molecule has 0 saturated heterocycles. The Morgan fingerprint density at radius 3 is 2.50 bits per heavy atom. The number of benzene rings is 4. The minimum atomic E-state index is -3.72. The van der Waals surface area contributed by atoms with Gasteiger partial charge in [-0.3, -0.25) is 9.10 Å². The zero-order valence-corrected chi connectivity index (χ0v) is 22.6. The molecule has 0 bridgehead atoms. The zero-order valence-electron chi connectivity index (χ0n) is 21.0. The smallest absolute Gasteiger partial charge is 0.264 e. The van der Waals surface area contributed by atoms with E-state index in [0.717, 1.165) is 33.9 Å². The van der Waals surface area contributed by atoms with Crippen molar-refractivity contribution in [2.24, 2.45) is 0 Å².